The van der Waals surface area contributed by atoms with Crippen LogP contribution < -0.4 is 10.1 Å². The second-order valence-electron chi connectivity index (χ2n) is 8.52. The number of rotatable bonds is 7. The third-order valence-electron chi connectivity index (χ3n) is 5.56. The maximum atomic E-state index is 13.8. The van der Waals surface area contributed by atoms with Gasteiger partial charge in [-0.2, -0.15) is 35.1 Å². The van der Waals surface area contributed by atoms with Crippen molar-refractivity contribution in [2.75, 3.05) is 0 Å². The Morgan fingerprint density at radius 1 is 1.16 bits per heavy atom. The molecule has 8 nitrogen and oxygen atoms in total. The van der Waals surface area contributed by atoms with Gasteiger partial charge in [0, 0.05) is 18.1 Å². The zero-order valence-corrected chi connectivity index (χ0v) is 19.7. The van der Waals surface area contributed by atoms with Crippen LogP contribution in [-0.4, -0.2) is 55.2 Å². The van der Waals surface area contributed by atoms with Crippen LogP contribution in [0, 0.1) is 5.92 Å². The SMILES string of the molecule is Cn1nc(OC(F)(F)C(F)C(F)(F)F)c(C(F)(F)F)c1-n1cc(C2=CC=C(Cl)C(C(=O)NC3CC3)C2)nn1. The highest BCUT2D eigenvalue weighted by molar-refractivity contribution is 6.31. The van der Waals surface area contributed by atoms with E-state index in [1.807, 2.05) is 0 Å². The first-order valence-electron chi connectivity index (χ1n) is 10.7. The Labute approximate surface area is 212 Å². The smallest absolute Gasteiger partial charge is 0.410 e. The lowest BCUT2D eigenvalue weighted by atomic mass is 9.91. The van der Waals surface area contributed by atoms with Crippen molar-refractivity contribution in [3.05, 3.63) is 34.6 Å². The predicted molar refractivity (Wildman–Crippen MR) is 111 cm³/mol. The van der Waals surface area contributed by atoms with Crippen molar-refractivity contribution in [1.29, 1.82) is 0 Å². The van der Waals surface area contributed by atoms with Crippen LogP contribution in [0.5, 0.6) is 5.88 Å². The highest BCUT2D eigenvalue weighted by Crippen LogP contribution is 2.44. The largest absolute Gasteiger partial charge is 0.440 e. The van der Waals surface area contributed by atoms with Crippen molar-refractivity contribution in [1.82, 2.24) is 30.1 Å². The van der Waals surface area contributed by atoms with Gasteiger partial charge in [-0.3, -0.25) is 4.79 Å². The molecule has 2 atom stereocenters. The molecule has 0 radical (unpaired) electrons. The maximum Gasteiger partial charge on any atom is 0.440 e. The predicted octanol–water partition coefficient (Wildman–Crippen LogP) is 4.70. The van der Waals surface area contributed by atoms with E-state index in [9.17, 15) is 44.3 Å². The summed E-state index contributed by atoms with van der Waals surface area (Å²) in [4.78, 5) is 12.5. The van der Waals surface area contributed by atoms with Crippen LogP contribution >= 0.6 is 11.6 Å². The summed E-state index contributed by atoms with van der Waals surface area (Å²) in [6.07, 6.45) is -16.8. The average Bonchev–Trinajstić information content (AvgIpc) is 3.35. The second kappa shape index (κ2) is 9.50. The van der Waals surface area contributed by atoms with Gasteiger partial charge in [0.05, 0.1) is 12.1 Å². The van der Waals surface area contributed by atoms with Gasteiger partial charge in [-0.05, 0) is 30.9 Å². The third-order valence-corrected chi connectivity index (χ3v) is 5.95. The first kappa shape index (κ1) is 27.8. The minimum Gasteiger partial charge on any atom is -0.410 e. The van der Waals surface area contributed by atoms with Crippen molar-refractivity contribution in [2.24, 2.45) is 13.0 Å². The number of carbonyl (C=O) groups excluding carboxylic acids is 1. The zero-order valence-electron chi connectivity index (χ0n) is 18.9. The van der Waals surface area contributed by atoms with Crippen molar-refractivity contribution >= 4 is 23.1 Å². The number of nitrogens with one attached hydrogen (secondary N) is 1. The molecule has 1 fully saturated rings. The second-order valence-corrected chi connectivity index (χ2v) is 8.96. The van der Waals surface area contributed by atoms with Gasteiger partial charge in [-0.15, -0.1) is 10.2 Å². The number of alkyl halides is 9. The molecule has 0 aromatic carbocycles. The van der Waals surface area contributed by atoms with Gasteiger partial charge in [0.1, 0.15) is 5.69 Å². The van der Waals surface area contributed by atoms with Crippen LogP contribution in [0.3, 0.4) is 0 Å². The minimum atomic E-state index is -6.13. The number of aromatic nitrogens is 5. The maximum absolute atomic E-state index is 13.8. The van der Waals surface area contributed by atoms with E-state index >= 15 is 0 Å². The molecule has 0 spiro atoms. The molecule has 1 amide bonds. The summed E-state index contributed by atoms with van der Waals surface area (Å²) in [6.45, 7) is 0. The fourth-order valence-electron chi connectivity index (χ4n) is 3.58. The Bertz CT molecular complexity index is 1290. The molecule has 208 valence electrons. The number of aryl methyl sites for hydroxylation is 1. The number of ether oxygens (including phenoxy) is 1. The summed E-state index contributed by atoms with van der Waals surface area (Å²) in [5, 5.41) is 13.4. The first-order valence-corrected chi connectivity index (χ1v) is 11.1. The number of carbonyl (C=O) groups is 1. The van der Waals surface area contributed by atoms with E-state index in [-0.39, 0.29) is 29.1 Å². The molecule has 0 saturated heterocycles. The monoisotopic (exact) mass is 578 g/mol. The topological polar surface area (TPSA) is 86.9 Å². The lowest BCUT2D eigenvalue weighted by Gasteiger charge is -2.22. The number of amides is 1. The summed E-state index contributed by atoms with van der Waals surface area (Å²) in [6, 6.07) is 0.0421. The molecule has 2 aromatic heterocycles. The van der Waals surface area contributed by atoms with Gasteiger partial charge in [0.25, 0.3) is 12.1 Å². The normalized spacial score (nSPS) is 19.6. The number of halogens is 10. The molecule has 4 rings (SSSR count). The highest BCUT2D eigenvalue weighted by atomic mass is 35.5. The fraction of sp³-hybridized carbons (Fsp3) is 0.500. The molecule has 2 aliphatic rings. The Balaban J connectivity index is 1.66. The average molecular weight is 579 g/mol. The quantitative estimate of drug-likeness (QED) is 0.482. The molecular weight excluding hydrogens is 563 g/mol. The number of nitrogens with zero attached hydrogens (tertiary/aromatic N) is 5. The van der Waals surface area contributed by atoms with Gasteiger partial charge in [-0.25, -0.2) is 13.8 Å². The van der Waals surface area contributed by atoms with Crippen LogP contribution in [0.15, 0.2) is 23.4 Å². The molecule has 0 aliphatic heterocycles. The van der Waals surface area contributed by atoms with Crippen molar-refractivity contribution < 1.29 is 49.0 Å². The molecule has 2 aliphatic carbocycles. The lowest BCUT2D eigenvalue weighted by Crippen LogP contribution is -2.46. The summed E-state index contributed by atoms with van der Waals surface area (Å²) in [5.41, 5.74) is -1.72. The molecular formula is C20H16ClF9N6O2. The van der Waals surface area contributed by atoms with Crippen molar-refractivity contribution in [3.63, 3.8) is 0 Å². The van der Waals surface area contributed by atoms with E-state index in [0.717, 1.165) is 26.1 Å². The molecule has 2 aromatic rings. The Morgan fingerprint density at radius 2 is 1.82 bits per heavy atom. The summed E-state index contributed by atoms with van der Waals surface area (Å²) < 4.78 is 124. The lowest BCUT2D eigenvalue weighted by molar-refractivity contribution is -0.306. The third kappa shape index (κ3) is 5.61. The minimum absolute atomic E-state index is 0.0139. The summed E-state index contributed by atoms with van der Waals surface area (Å²) in [5.74, 6) is -4.22. The first-order chi connectivity index (χ1) is 17.5. The van der Waals surface area contributed by atoms with E-state index in [1.165, 1.54) is 12.2 Å². The van der Waals surface area contributed by atoms with Gasteiger partial charge in [-0.1, -0.05) is 22.9 Å². The Hall–Kier alpha value is -3.24. The van der Waals surface area contributed by atoms with Crippen molar-refractivity contribution in [3.8, 4) is 11.7 Å². The van der Waals surface area contributed by atoms with Crippen molar-refractivity contribution in [2.45, 2.75) is 49.9 Å². The Morgan fingerprint density at radius 3 is 2.39 bits per heavy atom. The molecule has 18 heteroatoms. The van der Waals surface area contributed by atoms with Gasteiger partial charge < -0.3 is 10.1 Å². The molecule has 1 saturated carbocycles. The van der Waals surface area contributed by atoms with Gasteiger partial charge in [0.15, 0.2) is 11.4 Å². The highest BCUT2D eigenvalue weighted by Gasteiger charge is 2.60. The zero-order chi connectivity index (χ0) is 28.2. The fourth-order valence-corrected chi connectivity index (χ4v) is 3.82. The molecule has 2 unspecified atom stereocenters. The van der Waals surface area contributed by atoms with Crippen LogP contribution in [-0.2, 0) is 18.0 Å². The van der Waals surface area contributed by atoms with E-state index in [1.54, 1.807) is 0 Å². The van der Waals surface area contributed by atoms with E-state index in [2.05, 4.69) is 25.5 Å². The standard InChI is InChI=1S/C20H16ClF9N6O2/c1-35-16(13(18(23,24)25)15(33-35)38-20(29,30)17(22)19(26,27)28)36-7-12(32-34-36)8-2-5-11(21)10(6-8)14(37)31-9-3-4-9/h2,5,7,9-10,17H,3-4,6H2,1H3,(H,31,37). The van der Waals surface area contributed by atoms with Gasteiger partial charge in [0.2, 0.25) is 5.91 Å². The number of allylic oxidation sites excluding steroid dienone is 3. The number of hydrogen-bond donors (Lipinski definition) is 1. The summed E-state index contributed by atoms with van der Waals surface area (Å²) >= 11 is 6.14. The van der Waals surface area contributed by atoms with E-state index in [4.69, 9.17) is 11.6 Å². The molecule has 0 bridgehead atoms. The van der Waals surface area contributed by atoms with Crippen LogP contribution in [0.4, 0.5) is 39.5 Å². The van der Waals surface area contributed by atoms with Crippen LogP contribution in [0.1, 0.15) is 30.5 Å². The van der Waals surface area contributed by atoms with E-state index in [0.29, 0.717) is 14.9 Å². The molecule has 2 heterocycles. The van der Waals surface area contributed by atoms with Crippen LogP contribution in [0.2, 0.25) is 0 Å². The van der Waals surface area contributed by atoms with E-state index < -0.39 is 47.8 Å². The number of hydrogen-bond acceptors (Lipinski definition) is 5. The summed E-state index contributed by atoms with van der Waals surface area (Å²) in [7, 11) is 0.842. The van der Waals surface area contributed by atoms with Crippen LogP contribution in [0.25, 0.3) is 11.4 Å². The van der Waals surface area contributed by atoms with Gasteiger partial charge >= 0.3 is 18.5 Å². The molecule has 1 N–H and O–H groups in total. The Kier molecular flexibility index (Phi) is 6.95. The molecule has 38 heavy (non-hydrogen) atoms.